The van der Waals surface area contributed by atoms with Crippen LogP contribution in [0.15, 0.2) is 55.1 Å². The van der Waals surface area contributed by atoms with Gasteiger partial charge in [-0.1, -0.05) is 42.5 Å². The zero-order valence-electron chi connectivity index (χ0n) is 13.3. The van der Waals surface area contributed by atoms with Gasteiger partial charge in [-0.25, -0.2) is 9.67 Å². The molecule has 4 rings (SSSR count). The molecule has 4 heteroatoms. The number of ether oxygens (including phenoxy) is 1. The van der Waals surface area contributed by atoms with Gasteiger partial charge in [0.2, 0.25) is 0 Å². The summed E-state index contributed by atoms with van der Waals surface area (Å²) in [5.41, 5.74) is 1.24. The number of fused-ring (bicyclic) bond motifs is 1. The molecular formula is C19H23N3O. The fourth-order valence-corrected chi connectivity index (χ4v) is 4.27. The van der Waals surface area contributed by atoms with Crippen molar-refractivity contribution < 1.29 is 4.74 Å². The van der Waals surface area contributed by atoms with E-state index in [9.17, 15) is 0 Å². The van der Waals surface area contributed by atoms with E-state index in [4.69, 9.17) is 4.74 Å². The highest BCUT2D eigenvalue weighted by atomic mass is 16.5. The van der Waals surface area contributed by atoms with E-state index in [1.807, 2.05) is 12.4 Å². The first-order chi connectivity index (χ1) is 11.4. The van der Waals surface area contributed by atoms with E-state index in [0.717, 1.165) is 12.5 Å². The molecule has 4 nitrogen and oxygen atoms in total. The van der Waals surface area contributed by atoms with Crippen LogP contribution in [0, 0.1) is 17.8 Å². The van der Waals surface area contributed by atoms with Gasteiger partial charge in [0.25, 0.3) is 0 Å². The first kappa shape index (κ1) is 14.6. The van der Waals surface area contributed by atoms with Crippen molar-refractivity contribution in [2.24, 2.45) is 17.8 Å². The third-order valence-corrected chi connectivity index (χ3v) is 5.41. The van der Waals surface area contributed by atoms with E-state index in [1.54, 1.807) is 6.33 Å². The Balaban J connectivity index is 1.45. The van der Waals surface area contributed by atoms with E-state index in [2.05, 4.69) is 51.2 Å². The zero-order valence-corrected chi connectivity index (χ0v) is 13.3. The second-order valence-corrected chi connectivity index (χ2v) is 6.71. The summed E-state index contributed by atoms with van der Waals surface area (Å²) in [6.45, 7) is 1.49. The van der Waals surface area contributed by atoms with Crippen molar-refractivity contribution in [3.63, 3.8) is 0 Å². The molecule has 0 saturated heterocycles. The lowest BCUT2D eigenvalue weighted by molar-refractivity contribution is 0.0545. The second-order valence-electron chi connectivity index (χ2n) is 6.71. The number of rotatable bonds is 5. The van der Waals surface area contributed by atoms with Crippen molar-refractivity contribution in [3.05, 3.63) is 60.7 Å². The summed E-state index contributed by atoms with van der Waals surface area (Å²) in [4.78, 5) is 4.14. The number of aromatic nitrogens is 3. The first-order valence-corrected chi connectivity index (χ1v) is 8.52. The van der Waals surface area contributed by atoms with Crippen molar-refractivity contribution in [1.29, 1.82) is 0 Å². The maximum Gasteiger partial charge on any atom is 0.137 e. The van der Waals surface area contributed by atoms with Gasteiger partial charge in [-0.05, 0) is 36.7 Å². The molecule has 120 valence electrons. The molecule has 0 bridgehead atoms. The van der Waals surface area contributed by atoms with Gasteiger partial charge in [0, 0.05) is 5.92 Å². The SMILES string of the molecule is C1=CC[C@@H]2[C@@H](C1)C[C@H](n1cncn1)[C@H]2COCc1ccccc1. The minimum Gasteiger partial charge on any atom is -0.376 e. The summed E-state index contributed by atoms with van der Waals surface area (Å²) in [6.07, 6.45) is 11.8. The van der Waals surface area contributed by atoms with Gasteiger partial charge < -0.3 is 4.74 Å². The van der Waals surface area contributed by atoms with E-state index in [0.29, 0.717) is 24.5 Å². The minimum atomic E-state index is 0.420. The summed E-state index contributed by atoms with van der Waals surface area (Å²) in [5, 5.41) is 4.40. The number of hydrogen-bond acceptors (Lipinski definition) is 3. The largest absolute Gasteiger partial charge is 0.376 e. The molecule has 2 aliphatic rings. The summed E-state index contributed by atoms with van der Waals surface area (Å²) in [6, 6.07) is 10.8. The molecule has 1 aromatic carbocycles. The van der Waals surface area contributed by atoms with Crippen molar-refractivity contribution in [2.75, 3.05) is 6.61 Å². The van der Waals surface area contributed by atoms with E-state index >= 15 is 0 Å². The number of benzene rings is 1. The quantitative estimate of drug-likeness (QED) is 0.792. The average Bonchev–Trinajstić information content (AvgIpc) is 3.24. The summed E-state index contributed by atoms with van der Waals surface area (Å²) in [5.74, 6) is 2.00. The Kier molecular flexibility index (Phi) is 4.24. The highest BCUT2D eigenvalue weighted by Gasteiger charge is 2.44. The van der Waals surface area contributed by atoms with Gasteiger partial charge in [-0.15, -0.1) is 0 Å². The van der Waals surface area contributed by atoms with Crippen molar-refractivity contribution >= 4 is 0 Å². The van der Waals surface area contributed by atoms with Crippen LogP contribution in [0.5, 0.6) is 0 Å². The Morgan fingerprint density at radius 2 is 2.00 bits per heavy atom. The van der Waals surface area contributed by atoms with E-state index in [1.165, 1.54) is 24.8 Å². The summed E-state index contributed by atoms with van der Waals surface area (Å²) < 4.78 is 8.15. The molecule has 0 radical (unpaired) electrons. The van der Waals surface area contributed by atoms with Crippen molar-refractivity contribution in [1.82, 2.24) is 14.8 Å². The predicted octanol–water partition coefficient (Wildman–Crippen LogP) is 3.64. The van der Waals surface area contributed by atoms with Gasteiger partial charge >= 0.3 is 0 Å². The molecule has 2 aromatic rings. The van der Waals surface area contributed by atoms with Crippen LogP contribution in [-0.4, -0.2) is 21.4 Å². The molecule has 4 atom stereocenters. The smallest absolute Gasteiger partial charge is 0.137 e. The topological polar surface area (TPSA) is 39.9 Å². The van der Waals surface area contributed by atoms with Crippen LogP contribution in [0.3, 0.4) is 0 Å². The standard InChI is InChI=1S/C19H23N3O/c1-2-6-15(7-3-1)11-23-12-18-17-9-5-4-8-16(17)10-19(18)22-14-20-13-21-22/h1-7,13-14,16-19H,8-12H2/t16-,17+,18-,19-/m0/s1. The molecule has 2 aliphatic carbocycles. The van der Waals surface area contributed by atoms with Crippen molar-refractivity contribution in [2.45, 2.75) is 31.9 Å². The third kappa shape index (κ3) is 3.08. The molecule has 0 unspecified atom stereocenters. The van der Waals surface area contributed by atoms with Crippen LogP contribution in [0.1, 0.15) is 30.9 Å². The fraction of sp³-hybridized carbons (Fsp3) is 0.474. The third-order valence-electron chi connectivity index (χ3n) is 5.41. The zero-order chi connectivity index (χ0) is 15.5. The average molecular weight is 309 g/mol. The Morgan fingerprint density at radius 3 is 2.83 bits per heavy atom. The highest BCUT2D eigenvalue weighted by molar-refractivity contribution is 5.13. The Labute approximate surface area is 137 Å². The number of hydrogen-bond donors (Lipinski definition) is 0. The van der Waals surface area contributed by atoms with Crippen LogP contribution >= 0.6 is 0 Å². The monoisotopic (exact) mass is 309 g/mol. The molecule has 0 aliphatic heterocycles. The highest BCUT2D eigenvalue weighted by Crippen LogP contribution is 2.49. The van der Waals surface area contributed by atoms with Crippen molar-refractivity contribution in [3.8, 4) is 0 Å². The van der Waals surface area contributed by atoms with Crippen LogP contribution in [0.2, 0.25) is 0 Å². The molecule has 1 fully saturated rings. The lowest BCUT2D eigenvalue weighted by atomic mass is 9.81. The predicted molar refractivity (Wildman–Crippen MR) is 88.6 cm³/mol. The molecule has 1 aromatic heterocycles. The molecule has 1 heterocycles. The Morgan fingerprint density at radius 1 is 1.13 bits per heavy atom. The van der Waals surface area contributed by atoms with E-state index < -0.39 is 0 Å². The van der Waals surface area contributed by atoms with Gasteiger partial charge in [0.15, 0.2) is 0 Å². The van der Waals surface area contributed by atoms with Crippen LogP contribution < -0.4 is 0 Å². The Hall–Kier alpha value is -1.94. The van der Waals surface area contributed by atoms with E-state index in [-0.39, 0.29) is 0 Å². The normalized spacial score (nSPS) is 29.6. The molecular weight excluding hydrogens is 286 g/mol. The van der Waals surface area contributed by atoms with Crippen LogP contribution in [0.4, 0.5) is 0 Å². The molecule has 1 saturated carbocycles. The van der Waals surface area contributed by atoms with Crippen LogP contribution in [0.25, 0.3) is 0 Å². The summed E-state index contributed by atoms with van der Waals surface area (Å²) in [7, 11) is 0. The molecule has 0 spiro atoms. The van der Waals surface area contributed by atoms with Crippen LogP contribution in [-0.2, 0) is 11.3 Å². The maximum atomic E-state index is 6.10. The lowest BCUT2D eigenvalue weighted by Crippen LogP contribution is -2.25. The Bertz CT molecular complexity index is 638. The number of allylic oxidation sites excluding steroid dienone is 2. The first-order valence-electron chi connectivity index (χ1n) is 8.52. The maximum absolute atomic E-state index is 6.10. The minimum absolute atomic E-state index is 0.420. The fourth-order valence-electron chi connectivity index (χ4n) is 4.27. The van der Waals surface area contributed by atoms with Gasteiger partial charge in [0.1, 0.15) is 12.7 Å². The second kappa shape index (κ2) is 6.67. The number of nitrogens with zero attached hydrogens (tertiary/aromatic N) is 3. The van der Waals surface area contributed by atoms with Gasteiger partial charge in [-0.2, -0.15) is 5.10 Å². The summed E-state index contributed by atoms with van der Waals surface area (Å²) >= 11 is 0. The van der Waals surface area contributed by atoms with Gasteiger partial charge in [0.05, 0.1) is 19.3 Å². The molecule has 0 amide bonds. The van der Waals surface area contributed by atoms with Gasteiger partial charge in [-0.3, -0.25) is 0 Å². The molecule has 0 N–H and O–H groups in total. The molecule has 23 heavy (non-hydrogen) atoms. The lowest BCUT2D eigenvalue weighted by Gasteiger charge is -2.27.